The third kappa shape index (κ3) is 2.17. The van der Waals surface area contributed by atoms with Crippen LogP contribution in [0.25, 0.3) is 0 Å². The number of benzene rings is 1. The van der Waals surface area contributed by atoms with Gasteiger partial charge in [-0.2, -0.15) is 0 Å². The molecule has 2 saturated carbocycles. The van der Waals surface area contributed by atoms with Crippen LogP contribution in [-0.4, -0.2) is 21.8 Å². The van der Waals surface area contributed by atoms with Gasteiger partial charge >= 0.3 is 5.97 Å². The minimum Gasteiger partial charge on any atom is -0.507 e. The first-order valence-electron chi connectivity index (χ1n) is 10.0. The highest BCUT2D eigenvalue weighted by Gasteiger charge is 2.69. The van der Waals surface area contributed by atoms with Crippen molar-refractivity contribution in [2.45, 2.75) is 77.7 Å². The van der Waals surface area contributed by atoms with Crippen molar-refractivity contribution in [2.24, 2.45) is 17.3 Å². The first kappa shape index (κ1) is 17.7. The van der Waals surface area contributed by atoms with Crippen molar-refractivity contribution in [3.63, 3.8) is 0 Å². The Kier molecular flexibility index (Phi) is 3.84. The van der Waals surface area contributed by atoms with Gasteiger partial charge in [0.05, 0.1) is 0 Å². The van der Waals surface area contributed by atoms with Crippen molar-refractivity contribution in [1.82, 2.24) is 0 Å². The van der Waals surface area contributed by atoms with E-state index in [1.807, 2.05) is 6.07 Å². The van der Waals surface area contributed by atoms with E-state index in [9.17, 15) is 15.0 Å². The summed E-state index contributed by atoms with van der Waals surface area (Å²) >= 11 is 0. The molecule has 2 unspecified atom stereocenters. The average molecular weight is 358 g/mol. The molecule has 4 heteroatoms. The van der Waals surface area contributed by atoms with Crippen molar-refractivity contribution in [3.05, 3.63) is 22.8 Å². The van der Waals surface area contributed by atoms with Crippen LogP contribution in [0.2, 0.25) is 0 Å². The van der Waals surface area contributed by atoms with Crippen LogP contribution in [0.3, 0.4) is 0 Å². The van der Waals surface area contributed by atoms with Crippen LogP contribution in [0, 0.1) is 17.3 Å². The molecule has 26 heavy (non-hydrogen) atoms. The van der Waals surface area contributed by atoms with Gasteiger partial charge in [-0.05, 0) is 55.6 Å². The molecular formula is C22H30O4. The summed E-state index contributed by atoms with van der Waals surface area (Å²) < 4.78 is 6.45. The monoisotopic (exact) mass is 358 g/mol. The number of aryl methyl sites for hydroxylation is 1. The van der Waals surface area contributed by atoms with Crippen molar-refractivity contribution >= 4 is 5.97 Å². The van der Waals surface area contributed by atoms with Gasteiger partial charge in [-0.15, -0.1) is 0 Å². The lowest BCUT2D eigenvalue weighted by molar-refractivity contribution is -0.121. The molecule has 0 aromatic heterocycles. The summed E-state index contributed by atoms with van der Waals surface area (Å²) in [6.45, 7) is 8.84. The largest absolute Gasteiger partial charge is 0.507 e. The Hall–Kier alpha value is -1.71. The summed E-state index contributed by atoms with van der Waals surface area (Å²) in [5, 5.41) is 20.8. The summed E-state index contributed by atoms with van der Waals surface area (Å²) in [4.78, 5) is 11.9. The van der Waals surface area contributed by atoms with Crippen molar-refractivity contribution in [1.29, 1.82) is 0 Å². The lowest BCUT2D eigenvalue weighted by atomic mass is 9.45. The van der Waals surface area contributed by atoms with Crippen LogP contribution in [0.15, 0.2) is 6.07 Å². The molecule has 4 rings (SSSR count). The Morgan fingerprint density at radius 2 is 2.04 bits per heavy atom. The maximum Gasteiger partial charge on any atom is 0.339 e. The second-order valence-corrected chi connectivity index (χ2v) is 9.32. The number of aromatic carboxylic acids is 1. The van der Waals surface area contributed by atoms with Gasteiger partial charge < -0.3 is 14.9 Å². The summed E-state index contributed by atoms with van der Waals surface area (Å²) in [6.07, 6.45) is 5.90. The number of hydrogen-bond donors (Lipinski definition) is 2. The highest BCUT2D eigenvalue weighted by Crippen LogP contribution is 2.74. The Morgan fingerprint density at radius 3 is 2.69 bits per heavy atom. The maximum absolute atomic E-state index is 11.9. The minimum atomic E-state index is -1.04. The Morgan fingerprint density at radius 1 is 1.31 bits per heavy atom. The molecule has 1 heterocycles. The zero-order chi connectivity index (χ0) is 18.9. The van der Waals surface area contributed by atoms with Crippen molar-refractivity contribution < 1.29 is 19.7 Å². The van der Waals surface area contributed by atoms with Gasteiger partial charge in [0.15, 0.2) is 0 Å². The van der Waals surface area contributed by atoms with Gasteiger partial charge in [-0.25, -0.2) is 4.79 Å². The van der Waals surface area contributed by atoms with Crippen LogP contribution in [0.1, 0.15) is 87.2 Å². The van der Waals surface area contributed by atoms with E-state index in [1.165, 1.54) is 0 Å². The summed E-state index contributed by atoms with van der Waals surface area (Å²) in [6, 6.07) is 1.91. The molecule has 4 atom stereocenters. The molecule has 0 spiro atoms. The fraction of sp³-hybridized carbons (Fsp3) is 0.682. The molecular weight excluding hydrogens is 328 g/mol. The lowest BCUT2D eigenvalue weighted by Gasteiger charge is -2.62. The van der Waals surface area contributed by atoms with Crippen LogP contribution in [0.4, 0.5) is 0 Å². The molecule has 0 bridgehead atoms. The Balaban J connectivity index is 1.85. The smallest absolute Gasteiger partial charge is 0.339 e. The fourth-order valence-corrected chi connectivity index (χ4v) is 6.23. The number of fused-ring (bicyclic) bond motifs is 2. The van der Waals surface area contributed by atoms with Crippen LogP contribution >= 0.6 is 0 Å². The molecule has 4 nitrogen and oxygen atoms in total. The number of carboxylic acid groups (broad SMARTS) is 1. The van der Waals surface area contributed by atoms with E-state index in [4.69, 9.17) is 4.74 Å². The quantitative estimate of drug-likeness (QED) is 0.717. The van der Waals surface area contributed by atoms with Crippen LogP contribution in [-0.2, 0) is 6.42 Å². The zero-order valence-corrected chi connectivity index (χ0v) is 16.3. The molecule has 1 aromatic rings. The molecule has 1 aromatic carbocycles. The molecule has 2 aliphatic carbocycles. The number of carbonyl (C=O) groups is 1. The topological polar surface area (TPSA) is 66.8 Å². The van der Waals surface area contributed by atoms with E-state index >= 15 is 0 Å². The van der Waals surface area contributed by atoms with E-state index in [-0.39, 0.29) is 28.2 Å². The number of carboxylic acids is 1. The van der Waals surface area contributed by atoms with E-state index in [2.05, 4.69) is 27.7 Å². The van der Waals surface area contributed by atoms with Gasteiger partial charge in [-0.3, -0.25) is 0 Å². The van der Waals surface area contributed by atoms with Crippen molar-refractivity contribution in [3.8, 4) is 11.5 Å². The normalized spacial score (nSPS) is 33.0. The number of phenols is 1. The van der Waals surface area contributed by atoms with Gasteiger partial charge in [0.1, 0.15) is 22.7 Å². The van der Waals surface area contributed by atoms with Gasteiger partial charge in [-0.1, -0.05) is 33.6 Å². The molecule has 3 aliphatic rings. The SMILES string of the molecule is CCCCCc1cc2c(c(O)c1C(=O)O)C1[C@H]3C(CC[C@@]3(C)O2)C1(C)C. The third-order valence-corrected chi connectivity index (χ3v) is 7.51. The molecule has 1 aliphatic heterocycles. The van der Waals surface area contributed by atoms with Gasteiger partial charge in [0.25, 0.3) is 0 Å². The number of ether oxygens (including phenoxy) is 1. The predicted molar refractivity (Wildman–Crippen MR) is 100 cm³/mol. The first-order valence-corrected chi connectivity index (χ1v) is 10.0. The summed E-state index contributed by atoms with van der Waals surface area (Å²) in [7, 11) is 0. The molecule has 2 fully saturated rings. The fourth-order valence-electron chi connectivity index (χ4n) is 6.23. The second-order valence-electron chi connectivity index (χ2n) is 9.32. The molecule has 0 saturated heterocycles. The third-order valence-electron chi connectivity index (χ3n) is 7.51. The maximum atomic E-state index is 11.9. The molecule has 142 valence electrons. The number of aromatic hydroxyl groups is 1. The van der Waals surface area contributed by atoms with Crippen LogP contribution < -0.4 is 4.74 Å². The minimum absolute atomic E-state index is 0.0491. The van der Waals surface area contributed by atoms with E-state index in [0.717, 1.165) is 43.4 Å². The predicted octanol–water partition coefficient (Wildman–Crippen LogP) is 5.12. The van der Waals surface area contributed by atoms with Crippen LogP contribution in [0.5, 0.6) is 11.5 Å². The summed E-state index contributed by atoms with van der Waals surface area (Å²) in [5.74, 6) is 0.769. The number of unbranched alkanes of at least 4 members (excludes halogenated alkanes) is 2. The van der Waals surface area contributed by atoms with E-state index in [1.54, 1.807) is 0 Å². The second kappa shape index (κ2) is 5.64. The number of hydrogen-bond acceptors (Lipinski definition) is 3. The summed E-state index contributed by atoms with van der Waals surface area (Å²) in [5.41, 5.74) is 1.42. The average Bonchev–Trinajstić information content (AvgIpc) is 2.88. The van der Waals surface area contributed by atoms with Gasteiger partial charge in [0.2, 0.25) is 0 Å². The highest BCUT2D eigenvalue weighted by atomic mass is 16.5. The highest BCUT2D eigenvalue weighted by molar-refractivity contribution is 5.94. The van der Waals surface area contributed by atoms with E-state index in [0.29, 0.717) is 23.8 Å². The lowest BCUT2D eigenvalue weighted by Crippen LogP contribution is -2.59. The Bertz CT molecular complexity index is 766. The number of rotatable bonds is 5. The van der Waals surface area contributed by atoms with E-state index < -0.39 is 5.97 Å². The Labute approximate surface area is 155 Å². The first-order chi connectivity index (χ1) is 12.2. The zero-order valence-electron chi connectivity index (χ0n) is 16.3. The van der Waals surface area contributed by atoms with Gasteiger partial charge in [0, 0.05) is 17.4 Å². The molecule has 0 radical (unpaired) electrons. The molecule has 2 N–H and O–H groups in total. The standard InChI is InChI=1S/C22H30O4/c1-5-6-7-8-12-11-14-16(19(23)15(12)20(24)25)18-17-13(21(18,2)3)9-10-22(17,4)26-14/h11,13,17-18,23H,5-10H2,1-4H3,(H,24,25)/t13?,17-,18?,22-/m1/s1. The van der Waals surface area contributed by atoms with Crippen molar-refractivity contribution in [2.75, 3.05) is 0 Å². The molecule has 0 amide bonds.